The van der Waals surface area contributed by atoms with Crippen molar-refractivity contribution in [3.8, 4) is 5.75 Å². The molecule has 1 N–H and O–H groups in total. The minimum atomic E-state index is -0.900. The second-order valence-electron chi connectivity index (χ2n) is 10.4. The molecule has 0 saturated carbocycles. The van der Waals surface area contributed by atoms with E-state index < -0.39 is 17.7 Å². The summed E-state index contributed by atoms with van der Waals surface area (Å²) in [6.45, 7) is 10.4. The molecule has 3 aromatic heterocycles. The molecule has 1 unspecified atom stereocenters. The maximum absolute atomic E-state index is 13.7. The van der Waals surface area contributed by atoms with E-state index in [4.69, 9.17) is 9.72 Å². The predicted molar refractivity (Wildman–Crippen MR) is 161 cm³/mol. The van der Waals surface area contributed by atoms with Gasteiger partial charge < -0.3 is 14.2 Å². The van der Waals surface area contributed by atoms with E-state index >= 15 is 0 Å². The summed E-state index contributed by atoms with van der Waals surface area (Å²) < 4.78 is 8.56. The monoisotopic (exact) mass is 566 g/mol. The standard InChI is InChI=1S/C32H30N4O4S/c1-6-14-40-22-11-9-21(10-12-22)27-24(28(37)26-20(5)35-13-7-8-18(3)30(35)33-26)29(38)31(39)36(27)32-34-25-19(4)15-17(2)16-23(25)41-32/h7-13,15-16,27,37H,6,14H2,1-5H3. The zero-order valence-corrected chi connectivity index (χ0v) is 24.4. The molecule has 6 rings (SSSR count). The third kappa shape index (κ3) is 4.37. The number of carbonyl (C=O) groups is 2. The van der Waals surface area contributed by atoms with E-state index in [0.717, 1.165) is 33.3 Å². The third-order valence-corrected chi connectivity index (χ3v) is 8.45. The number of hydrogen-bond donors (Lipinski definition) is 1. The predicted octanol–water partition coefficient (Wildman–Crippen LogP) is 6.59. The Hall–Kier alpha value is -4.50. The number of aliphatic hydroxyl groups is 1. The van der Waals surface area contributed by atoms with Crippen LogP contribution in [0.15, 0.2) is 60.3 Å². The molecule has 208 valence electrons. The number of hydrogen-bond acceptors (Lipinski definition) is 7. The number of aliphatic hydroxyl groups excluding tert-OH is 1. The highest BCUT2D eigenvalue weighted by atomic mass is 32.1. The number of aromatic nitrogens is 3. The van der Waals surface area contributed by atoms with Crippen LogP contribution in [0.2, 0.25) is 0 Å². The molecule has 1 amide bonds. The molecule has 9 heteroatoms. The molecule has 1 saturated heterocycles. The summed E-state index contributed by atoms with van der Waals surface area (Å²) in [6, 6.07) is 14.3. The smallest absolute Gasteiger partial charge is 0.301 e. The van der Waals surface area contributed by atoms with E-state index in [9.17, 15) is 14.7 Å². The second-order valence-corrected chi connectivity index (χ2v) is 11.5. The molecule has 5 aromatic rings. The average Bonchev–Trinajstić information content (AvgIpc) is 3.60. The number of amides is 1. The van der Waals surface area contributed by atoms with Crippen LogP contribution in [0.4, 0.5) is 5.13 Å². The van der Waals surface area contributed by atoms with Crippen molar-refractivity contribution in [3.63, 3.8) is 0 Å². The number of ether oxygens (including phenoxy) is 1. The van der Waals surface area contributed by atoms with Gasteiger partial charge in [0.2, 0.25) is 0 Å². The van der Waals surface area contributed by atoms with E-state index in [-0.39, 0.29) is 17.0 Å². The molecule has 0 bridgehead atoms. The van der Waals surface area contributed by atoms with Gasteiger partial charge in [0.05, 0.1) is 34.1 Å². The highest BCUT2D eigenvalue weighted by molar-refractivity contribution is 7.22. The molecule has 1 aliphatic rings. The number of nitrogens with zero attached hydrogens (tertiary/aromatic N) is 4. The molecule has 8 nitrogen and oxygen atoms in total. The average molecular weight is 567 g/mol. The number of thiazole rings is 1. The molecular formula is C32H30N4O4S. The van der Waals surface area contributed by atoms with Crippen molar-refractivity contribution in [1.29, 1.82) is 0 Å². The fourth-order valence-electron chi connectivity index (χ4n) is 5.45. The number of rotatable bonds is 6. The number of fused-ring (bicyclic) bond motifs is 2. The second kappa shape index (κ2) is 10.2. The number of imidazole rings is 1. The Bertz CT molecular complexity index is 1880. The molecule has 1 aliphatic heterocycles. The summed E-state index contributed by atoms with van der Waals surface area (Å²) >= 11 is 1.35. The number of pyridine rings is 1. The van der Waals surface area contributed by atoms with Crippen LogP contribution >= 0.6 is 11.3 Å². The van der Waals surface area contributed by atoms with E-state index in [0.29, 0.717) is 34.4 Å². The zero-order valence-electron chi connectivity index (χ0n) is 23.6. The SMILES string of the molecule is CCCOc1ccc(C2C(=C(O)c3nc4c(C)cccn4c3C)C(=O)C(=O)N2c2nc3c(C)cc(C)cc3s2)cc1. The number of Topliss-reactive ketones (excluding diaryl/α,β-unsaturated/α-hetero) is 1. The van der Waals surface area contributed by atoms with Crippen LogP contribution in [-0.2, 0) is 9.59 Å². The molecule has 1 fully saturated rings. The van der Waals surface area contributed by atoms with Crippen LogP contribution in [0, 0.1) is 27.7 Å². The Morgan fingerprint density at radius 2 is 1.78 bits per heavy atom. The lowest BCUT2D eigenvalue weighted by Gasteiger charge is -2.23. The van der Waals surface area contributed by atoms with E-state index in [1.807, 2.05) is 93.7 Å². The molecule has 1 atom stereocenters. The molecule has 0 radical (unpaired) electrons. The topological polar surface area (TPSA) is 97.0 Å². The van der Waals surface area contributed by atoms with Gasteiger partial charge in [-0.3, -0.25) is 14.5 Å². The first-order valence-corrected chi connectivity index (χ1v) is 14.4. The normalized spacial score (nSPS) is 16.8. The van der Waals surface area contributed by atoms with E-state index in [1.54, 1.807) is 0 Å². The van der Waals surface area contributed by atoms with Gasteiger partial charge in [-0.15, -0.1) is 0 Å². The molecule has 0 spiro atoms. The molecule has 2 aromatic carbocycles. The first-order valence-electron chi connectivity index (χ1n) is 13.6. The van der Waals surface area contributed by atoms with Crippen LogP contribution in [0.25, 0.3) is 21.6 Å². The fourth-order valence-corrected chi connectivity index (χ4v) is 6.62. The Morgan fingerprint density at radius 1 is 1.02 bits per heavy atom. The van der Waals surface area contributed by atoms with Crippen molar-refractivity contribution in [2.45, 2.75) is 47.1 Å². The highest BCUT2D eigenvalue weighted by Crippen LogP contribution is 2.45. The fraction of sp³-hybridized carbons (Fsp3) is 0.250. The Labute approximate surface area is 241 Å². The number of aryl methyl sites for hydroxylation is 4. The van der Waals surface area contributed by atoms with E-state index in [1.165, 1.54) is 16.2 Å². The lowest BCUT2D eigenvalue weighted by Crippen LogP contribution is -2.29. The highest BCUT2D eigenvalue weighted by Gasteiger charge is 2.48. The summed E-state index contributed by atoms with van der Waals surface area (Å²) in [4.78, 5) is 38.4. The third-order valence-electron chi connectivity index (χ3n) is 7.45. The number of carbonyl (C=O) groups excluding carboxylic acids is 2. The largest absolute Gasteiger partial charge is 0.505 e. The molecular weight excluding hydrogens is 536 g/mol. The Balaban J connectivity index is 1.56. The lowest BCUT2D eigenvalue weighted by molar-refractivity contribution is -0.132. The van der Waals surface area contributed by atoms with Gasteiger partial charge >= 0.3 is 5.91 Å². The van der Waals surface area contributed by atoms with Gasteiger partial charge in [0.25, 0.3) is 5.78 Å². The van der Waals surface area contributed by atoms with Gasteiger partial charge in [-0.25, -0.2) is 9.97 Å². The van der Waals surface area contributed by atoms with Gasteiger partial charge in [-0.05, 0) is 80.6 Å². The van der Waals surface area contributed by atoms with Crippen molar-refractivity contribution in [2.75, 3.05) is 11.5 Å². The van der Waals surface area contributed by atoms with Gasteiger partial charge in [0.15, 0.2) is 10.9 Å². The summed E-state index contributed by atoms with van der Waals surface area (Å²) in [5.41, 5.74) is 6.02. The van der Waals surface area contributed by atoms with Crippen LogP contribution < -0.4 is 9.64 Å². The van der Waals surface area contributed by atoms with Crippen LogP contribution in [0.5, 0.6) is 5.75 Å². The minimum absolute atomic E-state index is 0.0199. The quantitative estimate of drug-likeness (QED) is 0.141. The Kier molecular flexibility index (Phi) is 6.62. The van der Waals surface area contributed by atoms with Gasteiger partial charge in [-0.1, -0.05) is 42.5 Å². The summed E-state index contributed by atoms with van der Waals surface area (Å²) in [7, 11) is 0. The van der Waals surface area contributed by atoms with Crippen molar-refractivity contribution >= 4 is 49.8 Å². The molecule has 41 heavy (non-hydrogen) atoms. The van der Waals surface area contributed by atoms with Crippen LogP contribution in [-0.4, -0.2) is 37.8 Å². The van der Waals surface area contributed by atoms with Crippen molar-refractivity contribution in [3.05, 3.63) is 93.9 Å². The summed E-state index contributed by atoms with van der Waals surface area (Å²) in [6.07, 6.45) is 2.73. The van der Waals surface area contributed by atoms with E-state index in [2.05, 4.69) is 4.98 Å². The number of ketones is 1. The molecule has 0 aliphatic carbocycles. The van der Waals surface area contributed by atoms with Gasteiger partial charge in [0.1, 0.15) is 17.1 Å². The summed E-state index contributed by atoms with van der Waals surface area (Å²) in [5.74, 6) is -1.14. The number of anilines is 1. The minimum Gasteiger partial charge on any atom is -0.505 e. The summed E-state index contributed by atoms with van der Waals surface area (Å²) in [5, 5.41) is 12.1. The first kappa shape index (κ1) is 26.7. The van der Waals surface area contributed by atoms with Gasteiger partial charge in [-0.2, -0.15) is 0 Å². The van der Waals surface area contributed by atoms with Crippen molar-refractivity contribution in [1.82, 2.24) is 14.4 Å². The Morgan fingerprint density at radius 3 is 2.49 bits per heavy atom. The maximum atomic E-state index is 13.7. The van der Waals surface area contributed by atoms with Gasteiger partial charge in [0, 0.05) is 6.20 Å². The first-order chi connectivity index (χ1) is 19.7. The maximum Gasteiger partial charge on any atom is 0.301 e. The van der Waals surface area contributed by atoms with Crippen LogP contribution in [0.1, 0.15) is 53.0 Å². The molecule has 4 heterocycles. The lowest BCUT2D eigenvalue weighted by atomic mass is 9.96. The van der Waals surface area contributed by atoms with Crippen molar-refractivity contribution < 1.29 is 19.4 Å². The van der Waals surface area contributed by atoms with Crippen LogP contribution in [0.3, 0.4) is 0 Å². The van der Waals surface area contributed by atoms with Crippen molar-refractivity contribution in [2.24, 2.45) is 0 Å². The zero-order chi connectivity index (χ0) is 29.0. The number of benzene rings is 2.